The van der Waals surface area contributed by atoms with E-state index in [-0.39, 0.29) is 0 Å². The summed E-state index contributed by atoms with van der Waals surface area (Å²) in [6, 6.07) is 12.9. The van der Waals surface area contributed by atoms with Crippen molar-refractivity contribution < 1.29 is 0 Å². The predicted octanol–water partition coefficient (Wildman–Crippen LogP) is 1.80. The van der Waals surface area contributed by atoms with Crippen LogP contribution in [0, 0.1) is 0 Å². The topological polar surface area (TPSA) is 49.8 Å². The van der Waals surface area contributed by atoms with E-state index < -0.39 is 0 Å². The summed E-state index contributed by atoms with van der Waals surface area (Å²) in [7, 11) is 0. The normalized spacial score (nSPS) is 18.6. The van der Waals surface area contributed by atoms with Gasteiger partial charge >= 0.3 is 0 Å². The number of nitrogens with zero attached hydrogens (tertiary/aromatic N) is 2. The highest BCUT2D eigenvalue weighted by Gasteiger charge is 2.17. The lowest BCUT2D eigenvalue weighted by atomic mass is 9.99. The van der Waals surface area contributed by atoms with E-state index in [4.69, 9.17) is 0 Å². The van der Waals surface area contributed by atoms with Crippen molar-refractivity contribution in [3.63, 3.8) is 0 Å². The molecular weight excluding hydrogens is 236 g/mol. The van der Waals surface area contributed by atoms with Crippen molar-refractivity contribution in [1.29, 1.82) is 0 Å². The van der Waals surface area contributed by atoms with Gasteiger partial charge < -0.3 is 10.6 Å². The van der Waals surface area contributed by atoms with Gasteiger partial charge in [-0.05, 0) is 36.2 Å². The van der Waals surface area contributed by atoms with Gasteiger partial charge in [0.1, 0.15) is 0 Å². The maximum Gasteiger partial charge on any atom is 0.0769 e. The summed E-state index contributed by atoms with van der Waals surface area (Å²) >= 11 is 0. The van der Waals surface area contributed by atoms with E-state index in [1.165, 1.54) is 11.1 Å². The summed E-state index contributed by atoms with van der Waals surface area (Å²) in [4.78, 5) is 0. The zero-order valence-electron chi connectivity index (χ0n) is 10.8. The molecule has 3 rings (SSSR count). The predicted molar refractivity (Wildman–Crippen MR) is 74.4 cm³/mol. The van der Waals surface area contributed by atoms with Crippen LogP contribution in [0.5, 0.6) is 0 Å². The van der Waals surface area contributed by atoms with Crippen LogP contribution in [0.25, 0.3) is 0 Å². The molecule has 0 saturated carbocycles. The second-order valence-electron chi connectivity index (χ2n) is 4.81. The van der Waals surface area contributed by atoms with Crippen LogP contribution in [0.15, 0.2) is 42.6 Å². The first kappa shape index (κ1) is 12.3. The molecule has 0 bridgehead atoms. The van der Waals surface area contributed by atoms with Gasteiger partial charge in [0.15, 0.2) is 0 Å². The first-order chi connectivity index (χ1) is 9.43. The van der Waals surface area contributed by atoms with Crippen LogP contribution in [0.2, 0.25) is 0 Å². The van der Waals surface area contributed by atoms with E-state index in [9.17, 15) is 0 Å². The van der Waals surface area contributed by atoms with Crippen molar-refractivity contribution in [2.45, 2.75) is 25.6 Å². The molecule has 1 atom stereocenters. The first-order valence-corrected chi connectivity index (χ1v) is 6.72. The van der Waals surface area contributed by atoms with Crippen LogP contribution in [0.4, 0.5) is 0 Å². The van der Waals surface area contributed by atoms with E-state index in [0.29, 0.717) is 6.04 Å². The molecular formula is C15H18N4. The Bertz CT molecular complexity index is 527. The van der Waals surface area contributed by atoms with Crippen LogP contribution >= 0.6 is 0 Å². The summed E-state index contributed by atoms with van der Waals surface area (Å²) in [5, 5.41) is 15.1. The third-order valence-corrected chi connectivity index (χ3v) is 3.51. The molecule has 0 aliphatic carbocycles. The zero-order chi connectivity index (χ0) is 12.9. The number of nitrogens with one attached hydrogen (secondary N) is 2. The fraction of sp³-hybridized carbons (Fsp3) is 0.333. The minimum atomic E-state index is 0.383. The van der Waals surface area contributed by atoms with Crippen LogP contribution in [-0.4, -0.2) is 16.7 Å². The quantitative estimate of drug-likeness (QED) is 0.877. The van der Waals surface area contributed by atoms with Gasteiger partial charge in [-0.3, -0.25) is 0 Å². The molecule has 19 heavy (non-hydrogen) atoms. The number of fused-ring (bicyclic) bond motifs is 1. The van der Waals surface area contributed by atoms with Gasteiger partial charge in [-0.25, -0.2) is 0 Å². The molecule has 98 valence electrons. The molecule has 2 heterocycles. The SMILES string of the molecule is c1cnnc(CNC2CCNCc3ccccc32)c1. The van der Waals surface area contributed by atoms with E-state index >= 15 is 0 Å². The van der Waals surface area contributed by atoms with Crippen molar-refractivity contribution in [3.05, 3.63) is 59.4 Å². The fourth-order valence-corrected chi connectivity index (χ4v) is 2.53. The van der Waals surface area contributed by atoms with Crippen LogP contribution in [-0.2, 0) is 13.1 Å². The monoisotopic (exact) mass is 254 g/mol. The van der Waals surface area contributed by atoms with Gasteiger partial charge in [-0.1, -0.05) is 24.3 Å². The van der Waals surface area contributed by atoms with Gasteiger partial charge in [0, 0.05) is 25.3 Å². The summed E-state index contributed by atoms with van der Waals surface area (Å²) in [5.41, 5.74) is 3.77. The third-order valence-electron chi connectivity index (χ3n) is 3.51. The highest BCUT2D eigenvalue weighted by Crippen LogP contribution is 2.23. The van der Waals surface area contributed by atoms with E-state index in [0.717, 1.165) is 31.7 Å². The van der Waals surface area contributed by atoms with Gasteiger partial charge in [0.05, 0.1) is 5.69 Å². The number of benzene rings is 1. The molecule has 1 aromatic heterocycles. The lowest BCUT2D eigenvalue weighted by Crippen LogP contribution is -2.23. The average Bonchev–Trinajstić information content (AvgIpc) is 2.68. The highest BCUT2D eigenvalue weighted by molar-refractivity contribution is 5.31. The van der Waals surface area contributed by atoms with Crippen molar-refractivity contribution in [1.82, 2.24) is 20.8 Å². The van der Waals surface area contributed by atoms with E-state index in [1.807, 2.05) is 12.1 Å². The minimum Gasteiger partial charge on any atom is -0.313 e. The van der Waals surface area contributed by atoms with Gasteiger partial charge in [0.2, 0.25) is 0 Å². The molecule has 2 aromatic rings. The Kier molecular flexibility index (Phi) is 3.81. The largest absolute Gasteiger partial charge is 0.313 e. The Morgan fingerprint density at radius 1 is 1.21 bits per heavy atom. The molecule has 0 fully saturated rings. The number of aromatic nitrogens is 2. The lowest BCUT2D eigenvalue weighted by Gasteiger charge is -2.18. The maximum absolute atomic E-state index is 4.11. The summed E-state index contributed by atoms with van der Waals surface area (Å²) < 4.78 is 0. The van der Waals surface area contributed by atoms with Gasteiger partial charge in [0.25, 0.3) is 0 Å². The van der Waals surface area contributed by atoms with Crippen LogP contribution < -0.4 is 10.6 Å². The second kappa shape index (κ2) is 5.91. The minimum absolute atomic E-state index is 0.383. The second-order valence-corrected chi connectivity index (χ2v) is 4.81. The van der Waals surface area contributed by atoms with Gasteiger partial charge in [-0.15, -0.1) is 0 Å². The van der Waals surface area contributed by atoms with Crippen LogP contribution in [0.3, 0.4) is 0 Å². The fourth-order valence-electron chi connectivity index (χ4n) is 2.53. The molecule has 1 aromatic carbocycles. The first-order valence-electron chi connectivity index (χ1n) is 6.72. The summed E-state index contributed by atoms with van der Waals surface area (Å²) in [6.07, 6.45) is 2.80. The third kappa shape index (κ3) is 2.97. The average molecular weight is 254 g/mol. The van der Waals surface area contributed by atoms with E-state index in [1.54, 1.807) is 6.20 Å². The van der Waals surface area contributed by atoms with Crippen molar-refractivity contribution in [2.75, 3.05) is 6.54 Å². The highest BCUT2D eigenvalue weighted by atomic mass is 15.1. The number of rotatable bonds is 3. The van der Waals surface area contributed by atoms with Crippen molar-refractivity contribution in [3.8, 4) is 0 Å². The summed E-state index contributed by atoms with van der Waals surface area (Å²) in [6.45, 7) is 2.75. The van der Waals surface area contributed by atoms with Gasteiger partial charge in [-0.2, -0.15) is 10.2 Å². The molecule has 0 amide bonds. The summed E-state index contributed by atoms with van der Waals surface area (Å²) in [5.74, 6) is 0. The molecule has 1 aliphatic rings. The number of hydrogen-bond acceptors (Lipinski definition) is 4. The number of hydrogen-bond donors (Lipinski definition) is 2. The Balaban J connectivity index is 1.74. The van der Waals surface area contributed by atoms with Crippen LogP contribution in [0.1, 0.15) is 29.3 Å². The lowest BCUT2D eigenvalue weighted by molar-refractivity contribution is 0.490. The van der Waals surface area contributed by atoms with Crippen molar-refractivity contribution in [2.24, 2.45) is 0 Å². The molecule has 1 unspecified atom stereocenters. The molecule has 4 heteroatoms. The smallest absolute Gasteiger partial charge is 0.0769 e. The molecule has 1 aliphatic heterocycles. The Labute approximate surface area is 113 Å². The maximum atomic E-state index is 4.11. The molecule has 0 saturated heterocycles. The Morgan fingerprint density at radius 2 is 2.16 bits per heavy atom. The Hall–Kier alpha value is -1.78. The molecule has 0 spiro atoms. The zero-order valence-corrected chi connectivity index (χ0v) is 10.8. The Morgan fingerprint density at radius 3 is 3.05 bits per heavy atom. The molecule has 2 N–H and O–H groups in total. The molecule has 0 radical (unpaired) electrons. The van der Waals surface area contributed by atoms with Crippen molar-refractivity contribution >= 4 is 0 Å². The molecule has 4 nitrogen and oxygen atoms in total. The standard InChI is InChI=1S/C15H18N4/c1-2-6-14-12(4-1)10-16-9-7-15(14)17-11-13-5-3-8-18-19-13/h1-6,8,15-17H,7,9-11H2. The van der Waals surface area contributed by atoms with E-state index in [2.05, 4.69) is 45.1 Å².